The first-order valence-corrected chi connectivity index (χ1v) is 13.9. The lowest BCUT2D eigenvalue weighted by molar-refractivity contribution is -0.206. The lowest BCUT2D eigenvalue weighted by Gasteiger charge is -2.29. The topological polar surface area (TPSA) is 54.0 Å². The maximum atomic E-state index is 12.5. The van der Waals surface area contributed by atoms with Gasteiger partial charge in [0, 0.05) is 11.5 Å². The van der Waals surface area contributed by atoms with Gasteiger partial charge in [-0.2, -0.15) is 0 Å². The second-order valence-corrected chi connectivity index (χ2v) is 10.1. The molecule has 0 N–H and O–H groups in total. The molecule has 1 saturated heterocycles. The van der Waals surface area contributed by atoms with E-state index in [1.807, 2.05) is 24.3 Å². The SMILES string of the molecule is CCCCCCCC1COC(c2ccc(OC(=O)c3ccc(OCCC[C@@H](C)CC)cc3)cc2)OC1. The van der Waals surface area contributed by atoms with E-state index in [1.165, 1.54) is 44.9 Å². The Hall–Kier alpha value is -2.37. The lowest BCUT2D eigenvalue weighted by Crippen LogP contribution is -2.27. The van der Waals surface area contributed by atoms with Crippen LogP contribution >= 0.6 is 0 Å². The van der Waals surface area contributed by atoms with E-state index in [9.17, 15) is 4.79 Å². The second-order valence-electron chi connectivity index (χ2n) is 10.1. The van der Waals surface area contributed by atoms with Gasteiger partial charge in [-0.05, 0) is 61.6 Å². The Balaban J connectivity index is 1.38. The molecule has 0 saturated carbocycles. The molecule has 3 rings (SSSR count). The van der Waals surface area contributed by atoms with Crippen molar-refractivity contribution in [1.82, 2.24) is 0 Å². The number of benzene rings is 2. The molecule has 198 valence electrons. The van der Waals surface area contributed by atoms with Crippen LogP contribution in [-0.2, 0) is 9.47 Å². The number of hydrogen-bond acceptors (Lipinski definition) is 5. The average Bonchev–Trinajstić information content (AvgIpc) is 2.92. The van der Waals surface area contributed by atoms with Crippen LogP contribution in [0.1, 0.15) is 101 Å². The van der Waals surface area contributed by atoms with Gasteiger partial charge in [0.05, 0.1) is 25.4 Å². The van der Waals surface area contributed by atoms with Crippen LogP contribution < -0.4 is 9.47 Å². The van der Waals surface area contributed by atoms with Crippen LogP contribution in [0.2, 0.25) is 0 Å². The van der Waals surface area contributed by atoms with Crippen LogP contribution in [0.15, 0.2) is 48.5 Å². The number of carbonyl (C=O) groups excluding carboxylic acids is 1. The van der Waals surface area contributed by atoms with E-state index in [2.05, 4.69) is 20.8 Å². The predicted octanol–water partition coefficient (Wildman–Crippen LogP) is 8.13. The molecule has 36 heavy (non-hydrogen) atoms. The number of rotatable bonds is 15. The molecule has 0 amide bonds. The molecule has 0 unspecified atom stereocenters. The normalized spacial score (nSPS) is 18.5. The molecule has 1 aliphatic rings. The molecule has 2 aromatic carbocycles. The van der Waals surface area contributed by atoms with Crippen molar-refractivity contribution >= 4 is 5.97 Å². The molecule has 1 heterocycles. The molecular weight excluding hydrogens is 452 g/mol. The number of ether oxygens (including phenoxy) is 4. The maximum absolute atomic E-state index is 12.5. The van der Waals surface area contributed by atoms with Gasteiger partial charge in [0.15, 0.2) is 6.29 Å². The third-order valence-corrected chi connectivity index (χ3v) is 6.94. The number of unbranched alkanes of at least 4 members (excludes halogenated alkanes) is 4. The Kier molecular flexibility index (Phi) is 12.3. The quantitative estimate of drug-likeness (QED) is 0.141. The Morgan fingerprint density at radius 1 is 0.889 bits per heavy atom. The highest BCUT2D eigenvalue weighted by molar-refractivity contribution is 5.91. The maximum Gasteiger partial charge on any atom is 0.343 e. The fourth-order valence-corrected chi connectivity index (χ4v) is 4.31. The zero-order chi connectivity index (χ0) is 25.6. The fourth-order valence-electron chi connectivity index (χ4n) is 4.31. The number of hydrogen-bond donors (Lipinski definition) is 0. The fraction of sp³-hybridized carbons (Fsp3) is 0.581. The van der Waals surface area contributed by atoms with E-state index >= 15 is 0 Å². The molecule has 0 radical (unpaired) electrons. The van der Waals surface area contributed by atoms with Crippen LogP contribution in [0.3, 0.4) is 0 Å². The summed E-state index contributed by atoms with van der Waals surface area (Å²) in [6.45, 7) is 8.86. The van der Waals surface area contributed by atoms with Crippen LogP contribution in [-0.4, -0.2) is 25.8 Å². The molecule has 5 nitrogen and oxygen atoms in total. The van der Waals surface area contributed by atoms with Crippen LogP contribution in [0.4, 0.5) is 0 Å². The summed E-state index contributed by atoms with van der Waals surface area (Å²) in [5.41, 5.74) is 1.43. The van der Waals surface area contributed by atoms with Crippen molar-refractivity contribution in [3.63, 3.8) is 0 Å². The first kappa shape index (κ1) is 28.2. The third kappa shape index (κ3) is 9.59. The summed E-state index contributed by atoms with van der Waals surface area (Å²) in [5, 5.41) is 0. The Bertz CT molecular complexity index is 869. The Labute approximate surface area is 217 Å². The first-order valence-electron chi connectivity index (χ1n) is 13.9. The minimum absolute atomic E-state index is 0.358. The predicted molar refractivity (Wildman–Crippen MR) is 144 cm³/mol. The van der Waals surface area contributed by atoms with Crippen LogP contribution in [0.5, 0.6) is 11.5 Å². The standard InChI is InChI=1S/C31H44O5/c1-4-6-7-8-9-12-25-22-34-31(35-23-25)27-15-19-29(20-16-27)36-30(32)26-13-17-28(18-14-26)33-21-10-11-24(3)5-2/h13-20,24-25,31H,4-12,21-23H2,1-3H3/t24-,25?,31?/m0/s1. The van der Waals surface area contributed by atoms with Crippen molar-refractivity contribution in [2.75, 3.05) is 19.8 Å². The summed E-state index contributed by atoms with van der Waals surface area (Å²) in [6.07, 6.45) is 10.7. The monoisotopic (exact) mass is 496 g/mol. The average molecular weight is 497 g/mol. The zero-order valence-corrected chi connectivity index (χ0v) is 22.4. The Morgan fingerprint density at radius 2 is 1.56 bits per heavy atom. The summed E-state index contributed by atoms with van der Waals surface area (Å²) >= 11 is 0. The first-order chi connectivity index (χ1) is 17.6. The highest BCUT2D eigenvalue weighted by Gasteiger charge is 2.23. The van der Waals surface area contributed by atoms with E-state index in [0.29, 0.717) is 23.8 Å². The van der Waals surface area contributed by atoms with Gasteiger partial charge >= 0.3 is 5.97 Å². The van der Waals surface area contributed by atoms with E-state index in [1.54, 1.807) is 24.3 Å². The minimum Gasteiger partial charge on any atom is -0.494 e. The van der Waals surface area contributed by atoms with Gasteiger partial charge in [0.25, 0.3) is 0 Å². The number of carbonyl (C=O) groups is 1. The molecule has 1 aliphatic heterocycles. The molecule has 2 aromatic rings. The minimum atomic E-state index is -0.391. The zero-order valence-electron chi connectivity index (χ0n) is 22.4. The highest BCUT2D eigenvalue weighted by Crippen LogP contribution is 2.29. The molecule has 5 heteroatoms. The van der Waals surface area contributed by atoms with Gasteiger partial charge in [-0.3, -0.25) is 0 Å². The van der Waals surface area contributed by atoms with Crippen LogP contribution in [0.25, 0.3) is 0 Å². The molecule has 0 aromatic heterocycles. The number of esters is 1. The van der Waals surface area contributed by atoms with Crippen molar-refractivity contribution in [1.29, 1.82) is 0 Å². The summed E-state index contributed by atoms with van der Waals surface area (Å²) in [5.74, 6) is 2.08. The van der Waals surface area contributed by atoms with Crippen molar-refractivity contribution in [3.8, 4) is 11.5 Å². The summed E-state index contributed by atoms with van der Waals surface area (Å²) in [7, 11) is 0. The lowest BCUT2D eigenvalue weighted by atomic mass is 10.0. The molecule has 1 atom stereocenters. The van der Waals surface area contributed by atoms with Gasteiger partial charge in [-0.15, -0.1) is 0 Å². The molecular formula is C31H44O5. The van der Waals surface area contributed by atoms with E-state index in [-0.39, 0.29) is 6.29 Å². The van der Waals surface area contributed by atoms with E-state index in [0.717, 1.165) is 43.3 Å². The smallest absolute Gasteiger partial charge is 0.343 e. The largest absolute Gasteiger partial charge is 0.494 e. The summed E-state index contributed by atoms with van der Waals surface area (Å²) in [6, 6.07) is 14.5. The van der Waals surface area contributed by atoms with Gasteiger partial charge in [-0.25, -0.2) is 4.79 Å². The van der Waals surface area contributed by atoms with Crippen molar-refractivity contribution in [3.05, 3.63) is 59.7 Å². The van der Waals surface area contributed by atoms with Gasteiger partial charge in [-0.1, -0.05) is 71.4 Å². The van der Waals surface area contributed by atoms with E-state index in [4.69, 9.17) is 18.9 Å². The van der Waals surface area contributed by atoms with Crippen molar-refractivity contribution < 1.29 is 23.7 Å². The molecule has 0 bridgehead atoms. The Morgan fingerprint density at radius 3 is 2.22 bits per heavy atom. The highest BCUT2D eigenvalue weighted by atomic mass is 16.7. The summed E-state index contributed by atoms with van der Waals surface area (Å²) < 4.78 is 23.3. The van der Waals surface area contributed by atoms with Crippen molar-refractivity contribution in [2.45, 2.75) is 84.8 Å². The molecule has 1 fully saturated rings. The van der Waals surface area contributed by atoms with E-state index < -0.39 is 5.97 Å². The van der Waals surface area contributed by atoms with Crippen molar-refractivity contribution in [2.24, 2.45) is 11.8 Å². The summed E-state index contributed by atoms with van der Waals surface area (Å²) in [4.78, 5) is 12.5. The molecule has 0 aliphatic carbocycles. The van der Waals surface area contributed by atoms with Crippen LogP contribution in [0, 0.1) is 11.8 Å². The third-order valence-electron chi connectivity index (χ3n) is 6.94. The second kappa shape index (κ2) is 15.7. The van der Waals surface area contributed by atoms with Gasteiger partial charge < -0.3 is 18.9 Å². The molecule has 0 spiro atoms. The van der Waals surface area contributed by atoms with Gasteiger partial charge in [0.2, 0.25) is 0 Å². The van der Waals surface area contributed by atoms with Gasteiger partial charge in [0.1, 0.15) is 11.5 Å².